The average Bonchev–Trinajstić information content (AvgIpc) is 3.27. The summed E-state index contributed by atoms with van der Waals surface area (Å²) in [5.41, 5.74) is 3.94. The first-order chi connectivity index (χ1) is 14.1. The summed E-state index contributed by atoms with van der Waals surface area (Å²) < 4.78 is 13.9. The monoisotopic (exact) mass is 390 g/mol. The Morgan fingerprint density at radius 2 is 1.14 bits per heavy atom. The SMILES string of the molecule is COC(=O)Cc1cn(Cn2cc(CC(=O)OC)c3ccccc32)c2ccccc12. The summed E-state index contributed by atoms with van der Waals surface area (Å²) in [5, 5.41) is 2.06. The van der Waals surface area contributed by atoms with Crippen LogP contribution in [0.3, 0.4) is 0 Å². The molecule has 0 saturated heterocycles. The summed E-state index contributed by atoms with van der Waals surface area (Å²) in [6.07, 6.45) is 4.45. The van der Waals surface area contributed by atoms with Gasteiger partial charge in [0.15, 0.2) is 0 Å². The van der Waals surface area contributed by atoms with Crippen LogP contribution in [-0.4, -0.2) is 35.3 Å². The number of hydrogen-bond donors (Lipinski definition) is 0. The van der Waals surface area contributed by atoms with Crippen molar-refractivity contribution in [2.45, 2.75) is 19.5 Å². The van der Waals surface area contributed by atoms with E-state index in [1.54, 1.807) is 0 Å². The van der Waals surface area contributed by atoms with Crippen molar-refractivity contribution in [3.63, 3.8) is 0 Å². The van der Waals surface area contributed by atoms with E-state index in [0.29, 0.717) is 6.67 Å². The van der Waals surface area contributed by atoms with Crippen LogP contribution in [0.4, 0.5) is 0 Å². The van der Waals surface area contributed by atoms with E-state index in [4.69, 9.17) is 9.47 Å². The Morgan fingerprint density at radius 1 is 0.724 bits per heavy atom. The second kappa shape index (κ2) is 7.83. The van der Waals surface area contributed by atoms with E-state index < -0.39 is 0 Å². The summed E-state index contributed by atoms with van der Waals surface area (Å²) in [4.78, 5) is 23.6. The fraction of sp³-hybridized carbons (Fsp3) is 0.217. The molecule has 6 heteroatoms. The summed E-state index contributed by atoms with van der Waals surface area (Å²) in [7, 11) is 2.80. The molecule has 0 aliphatic carbocycles. The second-order valence-electron chi connectivity index (χ2n) is 6.93. The molecule has 0 radical (unpaired) electrons. The van der Waals surface area contributed by atoms with Crippen LogP contribution in [-0.2, 0) is 38.6 Å². The van der Waals surface area contributed by atoms with Crippen molar-refractivity contribution in [3.8, 4) is 0 Å². The predicted octanol–water partition coefficient (Wildman–Crippen LogP) is 3.53. The molecule has 0 spiro atoms. The van der Waals surface area contributed by atoms with Crippen LogP contribution in [0.25, 0.3) is 21.8 Å². The number of methoxy groups -OCH3 is 2. The van der Waals surface area contributed by atoms with Crippen molar-refractivity contribution in [2.24, 2.45) is 0 Å². The minimum Gasteiger partial charge on any atom is -0.469 e. The molecule has 2 aromatic heterocycles. The van der Waals surface area contributed by atoms with Gasteiger partial charge >= 0.3 is 11.9 Å². The number of nitrogens with zero attached hydrogens (tertiary/aromatic N) is 2. The smallest absolute Gasteiger partial charge is 0.310 e. The van der Waals surface area contributed by atoms with Gasteiger partial charge in [-0.2, -0.15) is 0 Å². The van der Waals surface area contributed by atoms with E-state index in [9.17, 15) is 9.59 Å². The molecule has 6 nitrogen and oxygen atoms in total. The summed E-state index contributed by atoms with van der Waals surface area (Å²) in [6.45, 7) is 0.559. The van der Waals surface area contributed by atoms with Gasteiger partial charge in [0.2, 0.25) is 0 Å². The zero-order valence-corrected chi connectivity index (χ0v) is 16.4. The Kier molecular flexibility index (Phi) is 5.08. The minimum absolute atomic E-state index is 0.226. The molecule has 29 heavy (non-hydrogen) atoms. The maximum absolute atomic E-state index is 11.8. The number of para-hydroxylation sites is 2. The molecule has 2 aromatic carbocycles. The van der Waals surface area contributed by atoms with Crippen LogP contribution in [0.1, 0.15) is 11.1 Å². The molecule has 2 heterocycles. The number of carbonyl (C=O) groups is 2. The van der Waals surface area contributed by atoms with E-state index in [0.717, 1.165) is 32.9 Å². The van der Waals surface area contributed by atoms with Gasteiger partial charge in [-0.15, -0.1) is 0 Å². The van der Waals surface area contributed by atoms with Gasteiger partial charge in [-0.05, 0) is 23.3 Å². The van der Waals surface area contributed by atoms with E-state index in [1.165, 1.54) is 14.2 Å². The molecule has 0 unspecified atom stereocenters. The third-order valence-corrected chi connectivity index (χ3v) is 5.17. The van der Waals surface area contributed by atoms with Gasteiger partial charge in [-0.25, -0.2) is 0 Å². The second-order valence-corrected chi connectivity index (χ2v) is 6.93. The van der Waals surface area contributed by atoms with Crippen molar-refractivity contribution >= 4 is 33.7 Å². The van der Waals surface area contributed by atoms with Crippen molar-refractivity contribution in [2.75, 3.05) is 14.2 Å². The van der Waals surface area contributed by atoms with Crippen LogP contribution < -0.4 is 0 Å². The van der Waals surface area contributed by atoms with Gasteiger partial charge in [-0.3, -0.25) is 9.59 Å². The molecule has 148 valence electrons. The molecule has 4 rings (SSSR count). The zero-order chi connectivity index (χ0) is 20.4. The van der Waals surface area contributed by atoms with Crippen LogP contribution in [0.2, 0.25) is 0 Å². The number of rotatable bonds is 6. The van der Waals surface area contributed by atoms with Crippen LogP contribution in [0, 0.1) is 0 Å². The van der Waals surface area contributed by atoms with E-state index >= 15 is 0 Å². The molecule has 4 aromatic rings. The summed E-state index contributed by atoms with van der Waals surface area (Å²) in [5.74, 6) is -0.528. The normalized spacial score (nSPS) is 11.1. The zero-order valence-electron chi connectivity index (χ0n) is 16.4. The first-order valence-corrected chi connectivity index (χ1v) is 9.38. The molecule has 0 amide bonds. The Hall–Kier alpha value is -3.54. The van der Waals surface area contributed by atoms with Gasteiger partial charge < -0.3 is 18.6 Å². The van der Waals surface area contributed by atoms with Crippen LogP contribution >= 0.6 is 0 Å². The number of carbonyl (C=O) groups excluding carboxylic acids is 2. The molecular formula is C23H22N2O4. The standard InChI is InChI=1S/C23H22N2O4/c1-28-22(26)11-16-13-24(20-9-5-3-7-18(16)20)15-25-14-17(12-23(27)29-2)19-8-4-6-10-21(19)25/h3-10,13-14H,11-12,15H2,1-2H3. The van der Waals surface area contributed by atoms with Crippen molar-refractivity contribution < 1.29 is 19.1 Å². The van der Waals surface area contributed by atoms with Gasteiger partial charge in [0.1, 0.15) is 0 Å². The van der Waals surface area contributed by atoms with Crippen molar-refractivity contribution in [3.05, 3.63) is 72.1 Å². The quantitative estimate of drug-likeness (QED) is 0.473. The van der Waals surface area contributed by atoms with Gasteiger partial charge in [0.25, 0.3) is 0 Å². The number of esters is 2. The third-order valence-electron chi connectivity index (χ3n) is 5.17. The first kappa shape index (κ1) is 18.8. The molecule has 0 saturated carbocycles. The topological polar surface area (TPSA) is 62.5 Å². The summed E-state index contributed by atoms with van der Waals surface area (Å²) >= 11 is 0. The molecule has 0 aliphatic rings. The predicted molar refractivity (Wildman–Crippen MR) is 111 cm³/mol. The lowest BCUT2D eigenvalue weighted by atomic mass is 10.1. The molecule has 0 bridgehead atoms. The molecular weight excluding hydrogens is 368 g/mol. The summed E-state index contributed by atoms with van der Waals surface area (Å²) in [6, 6.07) is 16.0. The number of aromatic nitrogens is 2. The Bertz CT molecular complexity index is 1110. The Labute approximate surface area is 168 Å². The number of fused-ring (bicyclic) bond motifs is 2. The lowest BCUT2D eigenvalue weighted by Crippen LogP contribution is -2.07. The Balaban J connectivity index is 1.76. The highest BCUT2D eigenvalue weighted by molar-refractivity contribution is 5.89. The first-order valence-electron chi connectivity index (χ1n) is 9.38. The minimum atomic E-state index is -0.264. The van der Waals surface area contributed by atoms with Crippen LogP contribution in [0.15, 0.2) is 60.9 Å². The maximum Gasteiger partial charge on any atom is 0.310 e. The highest BCUT2D eigenvalue weighted by Crippen LogP contribution is 2.26. The third kappa shape index (κ3) is 3.61. The van der Waals surface area contributed by atoms with E-state index in [2.05, 4.69) is 9.13 Å². The van der Waals surface area contributed by atoms with Gasteiger partial charge in [-0.1, -0.05) is 36.4 Å². The largest absolute Gasteiger partial charge is 0.469 e. The van der Waals surface area contributed by atoms with E-state index in [-0.39, 0.29) is 24.8 Å². The number of ether oxygens (including phenoxy) is 2. The lowest BCUT2D eigenvalue weighted by molar-refractivity contribution is -0.140. The average molecular weight is 390 g/mol. The van der Waals surface area contributed by atoms with Crippen LogP contribution in [0.5, 0.6) is 0 Å². The van der Waals surface area contributed by atoms with Crippen molar-refractivity contribution in [1.82, 2.24) is 9.13 Å². The van der Waals surface area contributed by atoms with Crippen molar-refractivity contribution in [1.29, 1.82) is 0 Å². The lowest BCUT2D eigenvalue weighted by Gasteiger charge is -2.08. The molecule has 0 N–H and O–H groups in total. The van der Waals surface area contributed by atoms with Gasteiger partial charge in [0, 0.05) is 34.2 Å². The highest BCUT2D eigenvalue weighted by atomic mass is 16.5. The molecule has 0 fully saturated rings. The number of benzene rings is 2. The number of hydrogen-bond acceptors (Lipinski definition) is 4. The fourth-order valence-electron chi connectivity index (χ4n) is 3.78. The Morgan fingerprint density at radius 3 is 1.55 bits per heavy atom. The molecule has 0 atom stereocenters. The molecule has 0 aliphatic heterocycles. The fourth-order valence-corrected chi connectivity index (χ4v) is 3.78. The van der Waals surface area contributed by atoms with E-state index in [1.807, 2.05) is 60.9 Å². The maximum atomic E-state index is 11.8. The highest BCUT2D eigenvalue weighted by Gasteiger charge is 2.15. The van der Waals surface area contributed by atoms with Gasteiger partial charge in [0.05, 0.1) is 33.7 Å².